The van der Waals surface area contributed by atoms with Crippen LogP contribution in [0.15, 0.2) is 36.8 Å². The van der Waals surface area contributed by atoms with Crippen molar-refractivity contribution >= 4 is 11.6 Å². The second kappa shape index (κ2) is 6.35. The molecule has 0 bridgehead atoms. The molecule has 6 nitrogen and oxygen atoms in total. The van der Waals surface area contributed by atoms with Gasteiger partial charge in [-0.05, 0) is 44.7 Å². The van der Waals surface area contributed by atoms with E-state index in [-0.39, 0.29) is 5.91 Å². The number of hydrogen-bond donors (Lipinski definition) is 0. The smallest absolute Gasteiger partial charge is 0.272 e. The number of aryl methyl sites for hydroxylation is 2. The van der Waals surface area contributed by atoms with Crippen LogP contribution >= 0.6 is 0 Å². The molecule has 1 aliphatic rings. The van der Waals surface area contributed by atoms with E-state index in [2.05, 4.69) is 14.5 Å². The van der Waals surface area contributed by atoms with Crippen molar-refractivity contribution in [3.8, 4) is 0 Å². The first kappa shape index (κ1) is 15.9. The van der Waals surface area contributed by atoms with Crippen LogP contribution in [-0.4, -0.2) is 42.8 Å². The molecule has 1 saturated heterocycles. The minimum atomic E-state index is 0.0912. The SMILES string of the molecule is Cc1nc2ccccn2c1C(=O)N1CCC(Cn2ccnc2C)CC1. The first-order chi connectivity index (χ1) is 12.1. The zero-order chi connectivity index (χ0) is 17.4. The molecule has 0 unspecified atom stereocenters. The summed E-state index contributed by atoms with van der Waals surface area (Å²) in [4.78, 5) is 23.8. The Labute approximate surface area is 147 Å². The highest BCUT2D eigenvalue weighted by molar-refractivity contribution is 5.94. The van der Waals surface area contributed by atoms with E-state index in [1.54, 1.807) is 0 Å². The zero-order valence-electron chi connectivity index (χ0n) is 14.7. The van der Waals surface area contributed by atoms with Gasteiger partial charge in [-0.25, -0.2) is 9.97 Å². The maximum Gasteiger partial charge on any atom is 0.272 e. The van der Waals surface area contributed by atoms with Crippen molar-refractivity contribution in [1.82, 2.24) is 23.8 Å². The molecule has 3 aromatic rings. The minimum Gasteiger partial charge on any atom is -0.337 e. The highest BCUT2D eigenvalue weighted by Crippen LogP contribution is 2.22. The van der Waals surface area contributed by atoms with Crippen LogP contribution < -0.4 is 0 Å². The molecule has 1 amide bonds. The van der Waals surface area contributed by atoms with E-state index in [0.717, 1.165) is 49.6 Å². The molecule has 3 aromatic heterocycles. The van der Waals surface area contributed by atoms with E-state index in [0.29, 0.717) is 11.6 Å². The molecule has 0 atom stereocenters. The summed E-state index contributed by atoms with van der Waals surface area (Å²) in [5.74, 6) is 1.74. The normalized spacial score (nSPS) is 15.8. The number of carbonyl (C=O) groups is 1. The van der Waals surface area contributed by atoms with Crippen molar-refractivity contribution in [1.29, 1.82) is 0 Å². The predicted octanol–water partition coefficient (Wildman–Crippen LogP) is 2.70. The summed E-state index contributed by atoms with van der Waals surface area (Å²) < 4.78 is 4.11. The van der Waals surface area contributed by atoms with Crippen LogP contribution in [0.2, 0.25) is 0 Å². The molecule has 6 heteroatoms. The molecule has 0 aliphatic carbocycles. The Hall–Kier alpha value is -2.63. The monoisotopic (exact) mass is 337 g/mol. The molecule has 4 heterocycles. The van der Waals surface area contributed by atoms with Gasteiger partial charge in [0.05, 0.1) is 5.69 Å². The number of imidazole rings is 2. The summed E-state index contributed by atoms with van der Waals surface area (Å²) in [5, 5.41) is 0. The molecular formula is C19H23N5O. The van der Waals surface area contributed by atoms with Crippen LogP contribution in [-0.2, 0) is 6.54 Å². The number of nitrogens with zero attached hydrogens (tertiary/aromatic N) is 5. The van der Waals surface area contributed by atoms with Crippen molar-refractivity contribution < 1.29 is 4.79 Å². The predicted molar refractivity (Wildman–Crippen MR) is 95.5 cm³/mol. The highest BCUT2D eigenvalue weighted by atomic mass is 16.2. The van der Waals surface area contributed by atoms with Crippen LogP contribution in [0.25, 0.3) is 5.65 Å². The second-order valence-electron chi connectivity index (χ2n) is 6.84. The maximum absolute atomic E-state index is 13.0. The number of aromatic nitrogens is 4. The molecule has 25 heavy (non-hydrogen) atoms. The van der Waals surface area contributed by atoms with Gasteiger partial charge in [-0.1, -0.05) is 6.07 Å². The van der Waals surface area contributed by atoms with Gasteiger partial charge in [0.25, 0.3) is 5.91 Å². The number of carbonyl (C=O) groups excluding carboxylic acids is 1. The lowest BCUT2D eigenvalue weighted by Gasteiger charge is -2.32. The third-order valence-corrected chi connectivity index (χ3v) is 5.19. The zero-order valence-corrected chi connectivity index (χ0v) is 14.7. The highest BCUT2D eigenvalue weighted by Gasteiger charge is 2.27. The Morgan fingerprint density at radius 3 is 2.72 bits per heavy atom. The molecular weight excluding hydrogens is 314 g/mol. The largest absolute Gasteiger partial charge is 0.337 e. The van der Waals surface area contributed by atoms with Gasteiger partial charge in [-0.15, -0.1) is 0 Å². The number of piperidine rings is 1. The lowest BCUT2D eigenvalue weighted by molar-refractivity contribution is 0.0674. The number of rotatable bonds is 3. The van der Waals surface area contributed by atoms with E-state index in [1.165, 1.54) is 0 Å². The molecule has 4 rings (SSSR count). The van der Waals surface area contributed by atoms with Gasteiger partial charge in [0.15, 0.2) is 0 Å². The lowest BCUT2D eigenvalue weighted by atomic mass is 9.96. The summed E-state index contributed by atoms with van der Waals surface area (Å²) in [6.45, 7) is 6.54. The Morgan fingerprint density at radius 1 is 1.20 bits per heavy atom. The van der Waals surface area contributed by atoms with Gasteiger partial charge in [0, 0.05) is 38.2 Å². The third kappa shape index (κ3) is 2.92. The fraction of sp³-hybridized carbons (Fsp3) is 0.421. The maximum atomic E-state index is 13.0. The van der Waals surface area contributed by atoms with E-state index in [4.69, 9.17) is 0 Å². The Bertz CT molecular complexity index is 902. The molecule has 1 fully saturated rings. The average Bonchev–Trinajstić information content (AvgIpc) is 3.17. The standard InChI is InChI=1S/C19H23N5O/c1-14-18(24-9-4-3-5-17(24)21-14)19(25)22-10-6-16(7-11-22)13-23-12-8-20-15(23)2/h3-5,8-9,12,16H,6-7,10-11,13H2,1-2H3. The van der Waals surface area contributed by atoms with E-state index in [1.807, 2.05) is 59.9 Å². The Kier molecular flexibility index (Phi) is 4.03. The van der Waals surface area contributed by atoms with Gasteiger partial charge in [-0.3, -0.25) is 9.20 Å². The van der Waals surface area contributed by atoms with Crippen molar-refractivity contribution in [2.45, 2.75) is 33.2 Å². The quantitative estimate of drug-likeness (QED) is 0.738. The number of pyridine rings is 1. The average molecular weight is 337 g/mol. The minimum absolute atomic E-state index is 0.0912. The van der Waals surface area contributed by atoms with Gasteiger partial charge in [0.2, 0.25) is 0 Å². The van der Waals surface area contributed by atoms with Crippen molar-refractivity contribution in [3.05, 3.63) is 54.0 Å². The Balaban J connectivity index is 1.46. The number of amides is 1. The summed E-state index contributed by atoms with van der Waals surface area (Å²) >= 11 is 0. The van der Waals surface area contributed by atoms with Crippen molar-refractivity contribution in [3.63, 3.8) is 0 Å². The van der Waals surface area contributed by atoms with Crippen LogP contribution in [0.4, 0.5) is 0 Å². The lowest BCUT2D eigenvalue weighted by Crippen LogP contribution is -2.40. The summed E-state index contributed by atoms with van der Waals surface area (Å²) in [6.07, 6.45) is 7.85. The second-order valence-corrected chi connectivity index (χ2v) is 6.84. The van der Waals surface area contributed by atoms with E-state index in [9.17, 15) is 4.79 Å². The number of likely N-dealkylation sites (tertiary alicyclic amines) is 1. The van der Waals surface area contributed by atoms with Crippen molar-refractivity contribution in [2.24, 2.45) is 5.92 Å². The third-order valence-electron chi connectivity index (χ3n) is 5.19. The molecule has 0 aromatic carbocycles. The number of fused-ring (bicyclic) bond motifs is 1. The van der Waals surface area contributed by atoms with E-state index >= 15 is 0 Å². The van der Waals surface area contributed by atoms with Crippen molar-refractivity contribution in [2.75, 3.05) is 13.1 Å². The molecule has 0 spiro atoms. The first-order valence-electron chi connectivity index (χ1n) is 8.84. The van der Waals surface area contributed by atoms with Crippen LogP contribution in [0.1, 0.15) is 34.8 Å². The van der Waals surface area contributed by atoms with Crippen LogP contribution in [0.5, 0.6) is 0 Å². The van der Waals surface area contributed by atoms with Gasteiger partial charge in [-0.2, -0.15) is 0 Å². The van der Waals surface area contributed by atoms with Gasteiger partial charge >= 0.3 is 0 Å². The molecule has 0 N–H and O–H groups in total. The van der Waals surface area contributed by atoms with Crippen LogP contribution in [0, 0.1) is 19.8 Å². The fourth-order valence-corrected chi connectivity index (χ4v) is 3.71. The van der Waals surface area contributed by atoms with E-state index < -0.39 is 0 Å². The molecule has 130 valence electrons. The summed E-state index contributed by atoms with van der Waals surface area (Å²) in [5.41, 5.74) is 2.32. The van der Waals surface area contributed by atoms with Gasteiger partial charge < -0.3 is 9.47 Å². The molecule has 0 radical (unpaired) electrons. The van der Waals surface area contributed by atoms with Gasteiger partial charge in [0.1, 0.15) is 17.2 Å². The molecule has 1 aliphatic heterocycles. The first-order valence-corrected chi connectivity index (χ1v) is 8.84. The van der Waals surface area contributed by atoms with Crippen LogP contribution in [0.3, 0.4) is 0 Å². The topological polar surface area (TPSA) is 55.4 Å². The molecule has 0 saturated carbocycles. The summed E-state index contributed by atoms with van der Waals surface area (Å²) in [7, 11) is 0. The number of hydrogen-bond acceptors (Lipinski definition) is 3. The fourth-order valence-electron chi connectivity index (χ4n) is 3.71. The summed E-state index contributed by atoms with van der Waals surface area (Å²) in [6, 6.07) is 5.81. The Morgan fingerprint density at radius 2 is 2.00 bits per heavy atom.